The summed E-state index contributed by atoms with van der Waals surface area (Å²) in [5.74, 6) is -1.26. The molecule has 0 saturated carbocycles. The Kier molecular flexibility index (Phi) is 3.68. The van der Waals surface area contributed by atoms with Gasteiger partial charge in [-0.2, -0.15) is 0 Å². The van der Waals surface area contributed by atoms with Gasteiger partial charge < -0.3 is 5.11 Å². The van der Waals surface area contributed by atoms with E-state index in [0.717, 1.165) is 6.42 Å². The highest BCUT2D eigenvalue weighted by atomic mass is 32.2. The number of fused-ring (bicyclic) bond motifs is 1. The summed E-state index contributed by atoms with van der Waals surface area (Å²) in [4.78, 5) is 10.3. The molecule has 0 spiro atoms. The van der Waals surface area contributed by atoms with Gasteiger partial charge in [0.1, 0.15) is 0 Å². The second kappa shape index (κ2) is 5.07. The molecule has 2 rings (SSSR count). The summed E-state index contributed by atoms with van der Waals surface area (Å²) < 4.78 is 25.5. The molecule has 0 amide bonds. The van der Waals surface area contributed by atoms with Gasteiger partial charge >= 0.3 is 5.97 Å². The summed E-state index contributed by atoms with van der Waals surface area (Å²) in [6.45, 7) is 0.346. The molecule has 5 nitrogen and oxygen atoms in total. The Morgan fingerprint density at radius 1 is 1.39 bits per heavy atom. The fourth-order valence-electron chi connectivity index (χ4n) is 2.07. The molecule has 0 aliphatic heterocycles. The van der Waals surface area contributed by atoms with Crippen molar-refractivity contribution >= 4 is 16.0 Å². The van der Waals surface area contributed by atoms with Gasteiger partial charge in [-0.1, -0.05) is 24.3 Å². The monoisotopic (exact) mass is 269 g/mol. The molecule has 98 valence electrons. The van der Waals surface area contributed by atoms with E-state index < -0.39 is 16.0 Å². The Hall–Kier alpha value is -1.40. The summed E-state index contributed by atoms with van der Waals surface area (Å²) in [7, 11) is -3.48. The van der Waals surface area contributed by atoms with Crippen LogP contribution in [0.2, 0.25) is 0 Å². The molecule has 6 heteroatoms. The lowest BCUT2D eigenvalue weighted by atomic mass is 9.78. The van der Waals surface area contributed by atoms with E-state index in [1.807, 2.05) is 24.3 Å². The van der Waals surface area contributed by atoms with E-state index in [1.54, 1.807) is 0 Å². The first kappa shape index (κ1) is 13.0. The lowest BCUT2D eigenvalue weighted by Gasteiger charge is -2.30. The van der Waals surface area contributed by atoms with Crippen LogP contribution < -0.4 is 4.72 Å². The maximum Gasteiger partial charge on any atom is 0.304 e. The highest BCUT2D eigenvalue weighted by Crippen LogP contribution is 2.34. The third kappa shape index (κ3) is 3.08. The molecule has 1 atom stereocenters. The van der Waals surface area contributed by atoms with E-state index in [-0.39, 0.29) is 18.1 Å². The van der Waals surface area contributed by atoms with Crippen molar-refractivity contribution in [3.63, 3.8) is 0 Å². The fourth-order valence-corrected chi connectivity index (χ4v) is 3.11. The molecule has 0 bridgehead atoms. The van der Waals surface area contributed by atoms with E-state index in [0.29, 0.717) is 6.54 Å². The Labute approximate surface area is 106 Å². The van der Waals surface area contributed by atoms with Crippen LogP contribution in [0.25, 0.3) is 0 Å². The predicted molar refractivity (Wildman–Crippen MR) is 66.9 cm³/mol. The molecule has 18 heavy (non-hydrogen) atoms. The largest absolute Gasteiger partial charge is 0.481 e. The summed E-state index contributed by atoms with van der Waals surface area (Å²) in [5, 5.41) is 8.45. The maximum absolute atomic E-state index is 11.5. The number of carbonyl (C=O) groups is 1. The van der Waals surface area contributed by atoms with Crippen LogP contribution in [0.4, 0.5) is 0 Å². The van der Waals surface area contributed by atoms with Gasteiger partial charge in [0.25, 0.3) is 0 Å². The topological polar surface area (TPSA) is 83.5 Å². The standard InChI is InChI=1S/C12H15NO4S/c14-12(15)5-6-18(16,17)13-8-10-7-9-3-1-2-4-11(9)10/h1-4,10,13H,5-8H2,(H,14,15). The summed E-state index contributed by atoms with van der Waals surface area (Å²) in [6, 6.07) is 7.93. The van der Waals surface area contributed by atoms with Gasteiger partial charge in [0.15, 0.2) is 0 Å². The lowest BCUT2D eigenvalue weighted by molar-refractivity contribution is -0.136. The first-order valence-corrected chi connectivity index (χ1v) is 7.40. The average Bonchev–Trinajstić information content (AvgIpc) is 2.28. The highest BCUT2D eigenvalue weighted by molar-refractivity contribution is 7.89. The van der Waals surface area contributed by atoms with Gasteiger partial charge in [-0.25, -0.2) is 13.1 Å². The second-order valence-corrected chi connectivity index (χ2v) is 6.34. The number of carboxylic acid groups (broad SMARTS) is 1. The van der Waals surface area contributed by atoms with E-state index >= 15 is 0 Å². The SMILES string of the molecule is O=C(O)CCS(=O)(=O)NCC1Cc2ccccc21. The highest BCUT2D eigenvalue weighted by Gasteiger charge is 2.26. The molecule has 2 N–H and O–H groups in total. The van der Waals surface area contributed by atoms with E-state index in [2.05, 4.69) is 4.72 Å². The number of nitrogens with one attached hydrogen (secondary N) is 1. The number of hydrogen-bond donors (Lipinski definition) is 2. The van der Waals surface area contributed by atoms with Crippen molar-refractivity contribution in [2.75, 3.05) is 12.3 Å². The Morgan fingerprint density at radius 3 is 2.78 bits per heavy atom. The molecule has 1 aromatic rings. The van der Waals surface area contributed by atoms with Crippen LogP contribution in [-0.2, 0) is 21.2 Å². The van der Waals surface area contributed by atoms with Crippen LogP contribution in [0, 0.1) is 0 Å². The van der Waals surface area contributed by atoms with Crippen molar-refractivity contribution in [1.29, 1.82) is 0 Å². The Bertz CT molecular complexity index is 553. The summed E-state index contributed by atoms with van der Waals surface area (Å²) >= 11 is 0. The first-order valence-electron chi connectivity index (χ1n) is 5.75. The molecule has 0 saturated heterocycles. The van der Waals surface area contributed by atoms with Crippen LogP contribution in [0.3, 0.4) is 0 Å². The van der Waals surface area contributed by atoms with Crippen LogP contribution in [0.15, 0.2) is 24.3 Å². The Balaban J connectivity index is 1.85. The molecular formula is C12H15NO4S. The minimum atomic E-state index is -3.48. The van der Waals surface area contributed by atoms with Crippen molar-refractivity contribution in [2.24, 2.45) is 0 Å². The molecule has 1 aliphatic rings. The normalized spacial score (nSPS) is 17.9. The number of rotatable bonds is 6. The van der Waals surface area contributed by atoms with Crippen molar-refractivity contribution in [3.05, 3.63) is 35.4 Å². The van der Waals surface area contributed by atoms with Gasteiger partial charge in [0, 0.05) is 12.5 Å². The van der Waals surface area contributed by atoms with E-state index in [9.17, 15) is 13.2 Å². The number of benzene rings is 1. The van der Waals surface area contributed by atoms with E-state index in [4.69, 9.17) is 5.11 Å². The Morgan fingerprint density at radius 2 is 2.11 bits per heavy atom. The number of sulfonamides is 1. The molecule has 0 fully saturated rings. The summed E-state index contributed by atoms with van der Waals surface area (Å²) in [5.41, 5.74) is 2.44. The lowest BCUT2D eigenvalue weighted by Crippen LogP contribution is -2.34. The molecular weight excluding hydrogens is 254 g/mol. The third-order valence-corrected chi connectivity index (χ3v) is 4.44. The molecule has 1 aliphatic carbocycles. The van der Waals surface area contributed by atoms with Crippen molar-refractivity contribution in [2.45, 2.75) is 18.8 Å². The maximum atomic E-state index is 11.5. The van der Waals surface area contributed by atoms with Gasteiger partial charge in [-0.05, 0) is 17.5 Å². The predicted octanol–water partition coefficient (Wildman–Crippen LogP) is 0.720. The second-order valence-electron chi connectivity index (χ2n) is 4.41. The van der Waals surface area contributed by atoms with Crippen molar-refractivity contribution in [1.82, 2.24) is 4.72 Å². The molecule has 0 heterocycles. The molecule has 0 radical (unpaired) electrons. The van der Waals surface area contributed by atoms with Crippen molar-refractivity contribution in [3.8, 4) is 0 Å². The third-order valence-electron chi connectivity index (χ3n) is 3.10. The smallest absolute Gasteiger partial charge is 0.304 e. The van der Waals surface area contributed by atoms with Crippen LogP contribution in [-0.4, -0.2) is 31.8 Å². The zero-order valence-corrected chi connectivity index (χ0v) is 10.6. The quantitative estimate of drug-likeness (QED) is 0.797. The minimum Gasteiger partial charge on any atom is -0.481 e. The van der Waals surface area contributed by atoms with Gasteiger partial charge in [0.2, 0.25) is 10.0 Å². The van der Waals surface area contributed by atoms with Gasteiger partial charge in [0.05, 0.1) is 12.2 Å². The number of hydrogen-bond acceptors (Lipinski definition) is 3. The number of aliphatic carboxylic acids is 1. The summed E-state index contributed by atoms with van der Waals surface area (Å²) in [6.07, 6.45) is 0.508. The average molecular weight is 269 g/mol. The van der Waals surface area contributed by atoms with Crippen LogP contribution in [0.5, 0.6) is 0 Å². The zero-order valence-electron chi connectivity index (χ0n) is 9.80. The van der Waals surface area contributed by atoms with Crippen molar-refractivity contribution < 1.29 is 18.3 Å². The van der Waals surface area contributed by atoms with E-state index in [1.165, 1.54) is 11.1 Å². The molecule has 0 aromatic heterocycles. The molecule has 1 unspecified atom stereocenters. The fraction of sp³-hybridized carbons (Fsp3) is 0.417. The molecule has 1 aromatic carbocycles. The number of carboxylic acids is 1. The van der Waals surface area contributed by atoms with Crippen LogP contribution in [0.1, 0.15) is 23.5 Å². The zero-order chi connectivity index (χ0) is 13.2. The van der Waals surface area contributed by atoms with Gasteiger partial charge in [-0.3, -0.25) is 4.79 Å². The first-order chi connectivity index (χ1) is 8.48. The minimum absolute atomic E-state index is 0.209. The van der Waals surface area contributed by atoms with Crippen LogP contribution >= 0.6 is 0 Å². The van der Waals surface area contributed by atoms with Gasteiger partial charge in [-0.15, -0.1) is 0 Å².